The molecule has 22 heavy (non-hydrogen) atoms. The molecule has 0 bridgehead atoms. The lowest BCUT2D eigenvalue weighted by Gasteiger charge is -2.24. The van der Waals surface area contributed by atoms with E-state index in [1.807, 2.05) is 0 Å². The molecule has 0 saturated heterocycles. The summed E-state index contributed by atoms with van der Waals surface area (Å²) in [5.41, 5.74) is 1.87. The van der Waals surface area contributed by atoms with Gasteiger partial charge in [0.05, 0.1) is 5.60 Å². The van der Waals surface area contributed by atoms with Gasteiger partial charge in [-0.05, 0) is 39.8 Å². The Morgan fingerprint density at radius 3 is 2.23 bits per heavy atom. The highest BCUT2D eigenvalue weighted by Gasteiger charge is 2.50. The molecule has 1 aliphatic heterocycles. The maximum absolute atomic E-state index is 6.46. The summed E-state index contributed by atoms with van der Waals surface area (Å²) in [4.78, 5) is 2.50. The van der Waals surface area contributed by atoms with Crippen LogP contribution in [0.1, 0.15) is 38.8 Å². The number of benzene rings is 2. The van der Waals surface area contributed by atoms with E-state index in [1.54, 1.807) is 7.11 Å². The second-order valence-electron chi connectivity index (χ2n) is 6.57. The molecule has 2 aromatic rings. The zero-order valence-electron chi connectivity index (χ0n) is 13.8. The van der Waals surface area contributed by atoms with Crippen LogP contribution in [-0.4, -0.2) is 7.11 Å². The molecule has 1 unspecified atom stereocenters. The van der Waals surface area contributed by atoms with Gasteiger partial charge in [-0.15, -0.1) is 0 Å². The summed E-state index contributed by atoms with van der Waals surface area (Å²) >= 11 is -0.375. The first kappa shape index (κ1) is 15.6. The van der Waals surface area contributed by atoms with Gasteiger partial charge in [0.15, 0.2) is 5.60 Å². The minimum Gasteiger partial charge on any atom is -0.374 e. The molecule has 1 atom stereocenters. The van der Waals surface area contributed by atoms with Gasteiger partial charge in [0.2, 0.25) is 21.0 Å². The van der Waals surface area contributed by atoms with Gasteiger partial charge < -0.3 is 4.74 Å². The van der Waals surface area contributed by atoms with Crippen molar-refractivity contribution in [3.05, 3.63) is 59.7 Å². The predicted molar refractivity (Wildman–Crippen MR) is 90.9 cm³/mol. The first-order valence-corrected chi connectivity index (χ1v) is 8.70. The van der Waals surface area contributed by atoms with Gasteiger partial charge >= 0.3 is 0 Å². The van der Waals surface area contributed by atoms with E-state index >= 15 is 0 Å². The fourth-order valence-corrected chi connectivity index (χ4v) is 5.18. The highest BCUT2D eigenvalue weighted by Crippen LogP contribution is 2.47. The Kier molecular flexibility index (Phi) is 3.84. The molecule has 0 radical (unpaired) electrons. The van der Waals surface area contributed by atoms with Gasteiger partial charge in [-0.2, -0.15) is 4.18 Å². The molecular formula is C19H23O2S+. The molecule has 0 aliphatic carbocycles. The normalized spacial score (nSPS) is 20.0. The number of hydrogen-bond acceptors (Lipinski definition) is 2. The standard InChI is InChI=1S/C19H23O2S/c1-18(2,20-5)14-10-6-8-12-16(14)22-17-13-9-7-11-15(17)19(3,4)21-22/h6-13H,1-5H3/q+1. The summed E-state index contributed by atoms with van der Waals surface area (Å²) in [6.07, 6.45) is 0. The minimum absolute atomic E-state index is 0.260. The van der Waals surface area contributed by atoms with Crippen LogP contribution >= 0.6 is 0 Å². The third kappa shape index (κ3) is 2.47. The van der Waals surface area contributed by atoms with Crippen molar-refractivity contribution in [1.29, 1.82) is 0 Å². The second-order valence-corrected chi connectivity index (χ2v) is 8.15. The first-order valence-electron chi connectivity index (χ1n) is 7.55. The monoisotopic (exact) mass is 315 g/mol. The number of ether oxygens (including phenoxy) is 1. The Hall–Kier alpha value is -1.29. The van der Waals surface area contributed by atoms with E-state index in [9.17, 15) is 0 Å². The van der Waals surface area contributed by atoms with E-state index in [4.69, 9.17) is 8.92 Å². The molecule has 0 N–H and O–H groups in total. The van der Waals surface area contributed by atoms with E-state index < -0.39 is 0 Å². The fraction of sp³-hybridized carbons (Fsp3) is 0.368. The smallest absolute Gasteiger partial charge is 0.224 e. The third-order valence-corrected chi connectivity index (χ3v) is 6.37. The molecule has 2 nitrogen and oxygen atoms in total. The Bertz CT molecular complexity index is 691. The van der Waals surface area contributed by atoms with E-state index in [1.165, 1.54) is 20.9 Å². The van der Waals surface area contributed by atoms with Crippen LogP contribution in [0, 0.1) is 0 Å². The van der Waals surface area contributed by atoms with Crippen molar-refractivity contribution < 1.29 is 8.92 Å². The molecule has 1 aliphatic rings. The van der Waals surface area contributed by atoms with Crippen molar-refractivity contribution >= 4 is 11.2 Å². The summed E-state index contributed by atoms with van der Waals surface area (Å²) in [5.74, 6) is 0. The van der Waals surface area contributed by atoms with Crippen molar-refractivity contribution in [2.45, 2.75) is 48.7 Å². The van der Waals surface area contributed by atoms with Crippen molar-refractivity contribution in [2.75, 3.05) is 7.11 Å². The van der Waals surface area contributed by atoms with Crippen LogP contribution < -0.4 is 0 Å². The quantitative estimate of drug-likeness (QED) is 0.759. The lowest BCUT2D eigenvalue weighted by atomic mass is 9.98. The van der Waals surface area contributed by atoms with Crippen molar-refractivity contribution in [2.24, 2.45) is 0 Å². The van der Waals surface area contributed by atoms with Crippen LogP contribution in [0.5, 0.6) is 0 Å². The Balaban J connectivity index is 2.15. The predicted octanol–water partition coefficient (Wildman–Crippen LogP) is 4.78. The molecule has 116 valence electrons. The molecule has 3 heteroatoms. The highest BCUT2D eigenvalue weighted by molar-refractivity contribution is 7.92. The SMILES string of the molecule is COC(C)(C)c1ccccc1[S+]1OC(C)(C)c2ccccc21. The van der Waals surface area contributed by atoms with Crippen LogP contribution in [0.4, 0.5) is 0 Å². The summed E-state index contributed by atoms with van der Waals surface area (Å²) in [5, 5.41) is 0. The lowest BCUT2D eigenvalue weighted by molar-refractivity contribution is 0.0166. The van der Waals surface area contributed by atoms with E-state index in [-0.39, 0.29) is 22.4 Å². The minimum atomic E-state index is -0.375. The summed E-state index contributed by atoms with van der Waals surface area (Å²) in [6.45, 7) is 8.48. The second kappa shape index (κ2) is 5.41. The molecule has 2 aromatic carbocycles. The average Bonchev–Trinajstić information content (AvgIpc) is 2.79. The van der Waals surface area contributed by atoms with Gasteiger partial charge in [0.1, 0.15) is 0 Å². The summed E-state index contributed by atoms with van der Waals surface area (Å²) in [7, 11) is 1.76. The molecule has 0 fully saturated rings. The Morgan fingerprint density at radius 1 is 0.955 bits per heavy atom. The van der Waals surface area contributed by atoms with E-state index in [2.05, 4.69) is 76.2 Å². The fourth-order valence-electron chi connectivity index (χ4n) is 2.82. The zero-order valence-corrected chi connectivity index (χ0v) is 14.7. The maximum Gasteiger partial charge on any atom is 0.224 e. The van der Waals surface area contributed by atoms with Crippen molar-refractivity contribution in [1.82, 2.24) is 0 Å². The lowest BCUT2D eigenvalue weighted by Crippen LogP contribution is -2.24. The molecule has 1 heterocycles. The highest BCUT2D eigenvalue weighted by atomic mass is 32.2. The topological polar surface area (TPSA) is 18.5 Å². The largest absolute Gasteiger partial charge is 0.374 e. The van der Waals surface area contributed by atoms with Crippen LogP contribution in [-0.2, 0) is 31.3 Å². The van der Waals surface area contributed by atoms with Crippen LogP contribution in [0.15, 0.2) is 58.3 Å². The summed E-state index contributed by atoms with van der Waals surface area (Å²) < 4.78 is 12.2. The molecular weight excluding hydrogens is 292 g/mol. The van der Waals surface area contributed by atoms with Gasteiger partial charge in [-0.25, -0.2) is 0 Å². The number of methoxy groups -OCH3 is 1. The van der Waals surface area contributed by atoms with Gasteiger partial charge in [-0.3, -0.25) is 0 Å². The molecule has 3 rings (SSSR count). The molecule has 0 saturated carbocycles. The van der Waals surface area contributed by atoms with Gasteiger partial charge in [-0.1, -0.05) is 36.4 Å². The van der Waals surface area contributed by atoms with Crippen LogP contribution in [0.3, 0.4) is 0 Å². The average molecular weight is 315 g/mol. The van der Waals surface area contributed by atoms with Crippen LogP contribution in [0.25, 0.3) is 0 Å². The third-order valence-electron chi connectivity index (χ3n) is 4.27. The number of fused-ring (bicyclic) bond motifs is 1. The first-order chi connectivity index (χ1) is 10.4. The molecule has 0 amide bonds. The van der Waals surface area contributed by atoms with Gasteiger partial charge in [0.25, 0.3) is 0 Å². The summed E-state index contributed by atoms with van der Waals surface area (Å²) in [6, 6.07) is 17.0. The maximum atomic E-state index is 6.46. The molecule has 0 spiro atoms. The molecule has 0 aromatic heterocycles. The van der Waals surface area contributed by atoms with E-state index in [0.717, 1.165) is 0 Å². The Labute approximate surface area is 136 Å². The number of hydrogen-bond donors (Lipinski definition) is 0. The van der Waals surface area contributed by atoms with Crippen LogP contribution in [0.2, 0.25) is 0 Å². The Morgan fingerprint density at radius 2 is 1.55 bits per heavy atom. The number of rotatable bonds is 3. The zero-order chi connectivity index (χ0) is 16.0. The van der Waals surface area contributed by atoms with Gasteiger partial charge in [0, 0.05) is 18.2 Å². The van der Waals surface area contributed by atoms with Crippen molar-refractivity contribution in [3.8, 4) is 0 Å². The van der Waals surface area contributed by atoms with E-state index in [0.29, 0.717) is 0 Å². The van der Waals surface area contributed by atoms with Crippen molar-refractivity contribution in [3.63, 3.8) is 0 Å².